The highest BCUT2D eigenvalue weighted by Gasteiger charge is 2.09. The maximum atomic E-state index is 10.8. The fourth-order valence-electron chi connectivity index (χ4n) is 1.31. The van der Waals surface area contributed by atoms with Crippen molar-refractivity contribution < 1.29 is 8.42 Å². The molecule has 86 valence electrons. The number of nitrogens with zero attached hydrogens (tertiary/aromatic N) is 2. The molecule has 0 spiro atoms. The van der Waals surface area contributed by atoms with E-state index >= 15 is 0 Å². The summed E-state index contributed by atoms with van der Waals surface area (Å²) < 4.78 is 23.4. The Morgan fingerprint density at radius 1 is 1.53 bits per heavy atom. The van der Waals surface area contributed by atoms with Crippen LogP contribution in [0.3, 0.4) is 0 Å². The first-order chi connectivity index (χ1) is 6.88. The Bertz CT molecular complexity index is 412. The van der Waals surface area contributed by atoms with Crippen LogP contribution < -0.4 is 0 Å². The van der Waals surface area contributed by atoms with E-state index in [0.29, 0.717) is 12.3 Å². The van der Waals surface area contributed by atoms with Crippen LogP contribution in [-0.2, 0) is 22.0 Å². The molecule has 0 aliphatic carbocycles. The van der Waals surface area contributed by atoms with Gasteiger partial charge in [-0.05, 0) is 12.0 Å². The summed E-state index contributed by atoms with van der Waals surface area (Å²) >= 11 is 0. The molecule has 0 amide bonds. The van der Waals surface area contributed by atoms with Crippen LogP contribution in [0.2, 0.25) is 0 Å². The second-order valence-corrected chi connectivity index (χ2v) is 6.79. The minimum Gasteiger partial charge on any atom is -0.269 e. The first-order valence-electron chi connectivity index (χ1n) is 4.81. The molecular formula is C9H15ClN2O2S. The van der Waals surface area contributed by atoms with Crippen LogP contribution in [-0.4, -0.2) is 24.0 Å². The quantitative estimate of drug-likeness (QED) is 0.747. The lowest BCUT2D eigenvalue weighted by molar-refractivity contribution is 0.470. The molecule has 6 heteroatoms. The smallest absolute Gasteiger partial charge is 0.232 e. The van der Waals surface area contributed by atoms with Gasteiger partial charge in [0.1, 0.15) is 0 Å². The van der Waals surface area contributed by atoms with Crippen LogP contribution in [0.5, 0.6) is 0 Å². The lowest BCUT2D eigenvalue weighted by Gasteiger charge is -2.08. The van der Waals surface area contributed by atoms with Gasteiger partial charge in [0.2, 0.25) is 9.05 Å². The summed E-state index contributed by atoms with van der Waals surface area (Å²) in [6, 6.07) is 1.82. The zero-order valence-corrected chi connectivity index (χ0v) is 10.4. The Kier molecular flexibility index (Phi) is 4.16. The zero-order chi connectivity index (χ0) is 11.5. The second kappa shape index (κ2) is 4.99. The van der Waals surface area contributed by atoms with Gasteiger partial charge in [-0.1, -0.05) is 13.8 Å². The summed E-state index contributed by atoms with van der Waals surface area (Å²) in [5.74, 6) is 0.439. The van der Waals surface area contributed by atoms with Crippen molar-refractivity contribution in [3.05, 3.63) is 18.0 Å². The van der Waals surface area contributed by atoms with Gasteiger partial charge in [-0.15, -0.1) is 0 Å². The molecule has 0 saturated heterocycles. The Labute approximate surface area is 94.7 Å². The molecule has 1 aromatic heterocycles. The number of aromatic nitrogens is 2. The van der Waals surface area contributed by atoms with Crippen LogP contribution in [0.25, 0.3) is 0 Å². The Morgan fingerprint density at radius 3 is 2.73 bits per heavy atom. The lowest BCUT2D eigenvalue weighted by atomic mass is 10.2. The molecule has 0 aromatic carbocycles. The van der Waals surface area contributed by atoms with Crippen molar-refractivity contribution in [2.45, 2.75) is 26.8 Å². The van der Waals surface area contributed by atoms with Crippen LogP contribution in [0, 0.1) is 5.92 Å². The minimum atomic E-state index is -3.41. The molecule has 0 atom stereocenters. The van der Waals surface area contributed by atoms with Gasteiger partial charge in [0.25, 0.3) is 0 Å². The van der Waals surface area contributed by atoms with Gasteiger partial charge < -0.3 is 0 Å². The van der Waals surface area contributed by atoms with Crippen LogP contribution >= 0.6 is 10.7 Å². The Hall–Kier alpha value is -0.550. The van der Waals surface area contributed by atoms with E-state index in [-0.39, 0.29) is 5.75 Å². The maximum absolute atomic E-state index is 10.8. The fourth-order valence-corrected chi connectivity index (χ4v) is 1.99. The number of hydrogen-bond acceptors (Lipinski definition) is 3. The molecule has 0 N–H and O–H groups in total. The van der Waals surface area contributed by atoms with Crippen LogP contribution in [0.1, 0.15) is 19.5 Å². The van der Waals surface area contributed by atoms with E-state index in [1.165, 1.54) is 0 Å². The van der Waals surface area contributed by atoms with Gasteiger partial charge in [0.15, 0.2) is 0 Å². The van der Waals surface area contributed by atoms with E-state index in [9.17, 15) is 8.42 Å². The van der Waals surface area contributed by atoms with Crippen molar-refractivity contribution in [1.29, 1.82) is 0 Å². The van der Waals surface area contributed by atoms with Crippen molar-refractivity contribution in [1.82, 2.24) is 9.78 Å². The van der Waals surface area contributed by atoms with E-state index in [0.717, 1.165) is 12.2 Å². The number of hydrogen-bond donors (Lipinski definition) is 0. The molecule has 15 heavy (non-hydrogen) atoms. The number of aryl methyl sites for hydroxylation is 1. The highest BCUT2D eigenvalue weighted by atomic mass is 35.7. The van der Waals surface area contributed by atoms with Crippen molar-refractivity contribution in [2.24, 2.45) is 5.92 Å². The van der Waals surface area contributed by atoms with Gasteiger partial charge in [0, 0.05) is 35.5 Å². The molecule has 0 aliphatic rings. The monoisotopic (exact) mass is 250 g/mol. The van der Waals surface area contributed by atoms with Crippen LogP contribution in [0.15, 0.2) is 12.3 Å². The number of halogens is 1. The zero-order valence-electron chi connectivity index (χ0n) is 8.85. The third kappa shape index (κ3) is 4.66. The molecule has 0 aliphatic heterocycles. The second-order valence-electron chi connectivity index (χ2n) is 3.89. The highest BCUT2D eigenvalue weighted by molar-refractivity contribution is 8.13. The molecule has 0 unspecified atom stereocenters. The van der Waals surface area contributed by atoms with E-state index in [1.807, 2.05) is 10.7 Å². The average Bonchev–Trinajstić information content (AvgIpc) is 2.46. The first-order valence-corrected chi connectivity index (χ1v) is 7.29. The molecule has 0 saturated carbocycles. The Morgan fingerprint density at radius 2 is 2.20 bits per heavy atom. The van der Waals surface area contributed by atoms with Gasteiger partial charge in [-0.2, -0.15) is 5.10 Å². The maximum Gasteiger partial charge on any atom is 0.232 e. The van der Waals surface area contributed by atoms with Gasteiger partial charge in [-0.25, -0.2) is 8.42 Å². The average molecular weight is 251 g/mol. The third-order valence-electron chi connectivity index (χ3n) is 1.94. The molecule has 0 radical (unpaired) electrons. The predicted molar refractivity (Wildman–Crippen MR) is 60.4 cm³/mol. The normalized spacial score (nSPS) is 12.3. The highest BCUT2D eigenvalue weighted by Crippen LogP contribution is 2.07. The van der Waals surface area contributed by atoms with Gasteiger partial charge in [-0.3, -0.25) is 4.68 Å². The van der Waals surface area contributed by atoms with E-state index < -0.39 is 9.05 Å². The van der Waals surface area contributed by atoms with Crippen LogP contribution in [0.4, 0.5) is 0 Å². The first kappa shape index (κ1) is 12.5. The number of rotatable bonds is 5. The lowest BCUT2D eigenvalue weighted by Crippen LogP contribution is -2.12. The van der Waals surface area contributed by atoms with Crippen molar-refractivity contribution in [2.75, 3.05) is 5.75 Å². The molecular weight excluding hydrogens is 236 g/mol. The summed E-state index contributed by atoms with van der Waals surface area (Å²) in [6.45, 7) is 4.97. The Balaban J connectivity index is 2.65. The minimum absolute atomic E-state index is 0.0433. The van der Waals surface area contributed by atoms with Crippen molar-refractivity contribution >= 4 is 19.7 Å². The molecule has 1 aromatic rings. The topological polar surface area (TPSA) is 52.0 Å². The molecule has 4 nitrogen and oxygen atoms in total. The molecule has 0 bridgehead atoms. The summed E-state index contributed by atoms with van der Waals surface area (Å²) in [7, 11) is 1.74. The van der Waals surface area contributed by atoms with Gasteiger partial charge >= 0.3 is 0 Å². The summed E-state index contributed by atoms with van der Waals surface area (Å²) in [5.41, 5.74) is 0.910. The largest absolute Gasteiger partial charge is 0.269 e. The molecule has 1 heterocycles. The van der Waals surface area contributed by atoms with E-state index in [2.05, 4.69) is 18.9 Å². The van der Waals surface area contributed by atoms with Gasteiger partial charge in [0.05, 0.1) is 5.75 Å². The SMILES string of the molecule is CC(C)Cn1nccc1CCS(=O)(=O)Cl. The third-order valence-corrected chi connectivity index (χ3v) is 3.10. The molecule has 1 rings (SSSR count). The fraction of sp³-hybridized carbons (Fsp3) is 0.667. The van der Waals surface area contributed by atoms with E-state index in [4.69, 9.17) is 10.7 Å². The summed E-state index contributed by atoms with van der Waals surface area (Å²) in [4.78, 5) is 0. The standard InChI is InChI=1S/C9H15ClN2O2S/c1-8(2)7-12-9(3-5-11-12)4-6-15(10,13)14/h3,5,8H,4,6-7H2,1-2H3. The summed E-state index contributed by atoms with van der Waals surface area (Å²) in [6.07, 6.45) is 2.09. The van der Waals surface area contributed by atoms with Crippen molar-refractivity contribution in [3.63, 3.8) is 0 Å². The van der Waals surface area contributed by atoms with Crippen molar-refractivity contribution in [3.8, 4) is 0 Å². The molecule has 0 fully saturated rings. The predicted octanol–water partition coefficient (Wildman–Crippen LogP) is 1.65. The van der Waals surface area contributed by atoms with E-state index in [1.54, 1.807) is 6.20 Å². The summed E-state index contributed by atoms with van der Waals surface area (Å²) in [5, 5.41) is 4.14.